The number of benzene rings is 1. The number of pyridine rings is 1. The van der Waals surface area contributed by atoms with Crippen LogP contribution >= 0.6 is 0 Å². The van der Waals surface area contributed by atoms with Crippen molar-refractivity contribution in [2.45, 2.75) is 6.04 Å². The number of nitrogens with one attached hydrogen (secondary N) is 2. The summed E-state index contributed by atoms with van der Waals surface area (Å²) >= 11 is 0. The molecule has 0 bridgehead atoms. The van der Waals surface area contributed by atoms with Crippen LogP contribution in [-0.4, -0.2) is 18.1 Å². The summed E-state index contributed by atoms with van der Waals surface area (Å²) in [6, 6.07) is 2.88. The molecule has 0 saturated heterocycles. The number of nitrogens with zero attached hydrogens (tertiary/aromatic N) is 4. The van der Waals surface area contributed by atoms with E-state index in [0.29, 0.717) is 0 Å². The molecule has 27 heavy (non-hydrogen) atoms. The van der Waals surface area contributed by atoms with Crippen LogP contribution in [0.1, 0.15) is 22.7 Å². The fraction of sp³-hybridized carbons (Fsp3) is 0.125. The first-order chi connectivity index (χ1) is 12.9. The third kappa shape index (κ3) is 2.77. The van der Waals surface area contributed by atoms with Gasteiger partial charge in [0.2, 0.25) is 5.96 Å². The minimum Gasteiger partial charge on any atom is -0.491 e. The molecule has 0 spiro atoms. The van der Waals surface area contributed by atoms with E-state index in [-0.39, 0.29) is 40.0 Å². The van der Waals surface area contributed by atoms with Crippen LogP contribution in [-0.2, 0) is 0 Å². The van der Waals surface area contributed by atoms with Crippen molar-refractivity contribution < 1.29 is 13.5 Å². The Morgan fingerprint density at radius 2 is 2.04 bits per heavy atom. The maximum atomic E-state index is 14.8. The van der Waals surface area contributed by atoms with Crippen molar-refractivity contribution in [1.29, 1.82) is 10.5 Å². The van der Waals surface area contributed by atoms with Crippen molar-refractivity contribution in [3.63, 3.8) is 0 Å². The SMILES string of the molecule is COc1c(F)ccc(C2N=C(NC#N)Nc3nc(N)c(C#N)c(N)c32)c1F. The molecule has 0 fully saturated rings. The van der Waals surface area contributed by atoms with Crippen molar-refractivity contribution >= 4 is 23.3 Å². The van der Waals surface area contributed by atoms with E-state index in [0.717, 1.165) is 13.2 Å². The van der Waals surface area contributed by atoms with Crippen LogP contribution < -0.4 is 26.8 Å². The van der Waals surface area contributed by atoms with E-state index >= 15 is 0 Å². The van der Waals surface area contributed by atoms with E-state index in [1.165, 1.54) is 6.07 Å². The number of ether oxygens (including phenoxy) is 1. The number of halogens is 2. The van der Waals surface area contributed by atoms with Gasteiger partial charge in [0, 0.05) is 11.1 Å². The van der Waals surface area contributed by atoms with Crippen molar-refractivity contribution in [3.05, 3.63) is 40.5 Å². The Hall–Kier alpha value is -4.12. The molecule has 0 amide bonds. The molecule has 0 saturated carbocycles. The fourth-order valence-corrected chi connectivity index (χ4v) is 2.75. The average Bonchev–Trinajstić information content (AvgIpc) is 2.62. The first-order valence-electron chi connectivity index (χ1n) is 7.43. The summed E-state index contributed by atoms with van der Waals surface area (Å²) in [6.07, 6.45) is 1.67. The molecule has 1 aliphatic rings. The lowest BCUT2D eigenvalue weighted by atomic mass is 9.94. The third-order valence-corrected chi connectivity index (χ3v) is 3.94. The molecule has 2 aromatic rings. The maximum absolute atomic E-state index is 14.8. The minimum atomic E-state index is -1.13. The predicted molar refractivity (Wildman–Crippen MR) is 92.3 cm³/mol. The van der Waals surface area contributed by atoms with Crippen molar-refractivity contribution in [3.8, 4) is 18.0 Å². The topological polar surface area (TPSA) is 158 Å². The smallest absolute Gasteiger partial charge is 0.211 e. The third-order valence-electron chi connectivity index (χ3n) is 3.94. The van der Waals surface area contributed by atoms with Crippen LogP contribution in [0.5, 0.6) is 5.75 Å². The van der Waals surface area contributed by atoms with Gasteiger partial charge in [-0.1, -0.05) is 6.07 Å². The van der Waals surface area contributed by atoms with Gasteiger partial charge >= 0.3 is 0 Å². The van der Waals surface area contributed by atoms with E-state index in [9.17, 15) is 14.0 Å². The Bertz CT molecular complexity index is 1050. The number of nitriles is 2. The number of nitrogen functional groups attached to an aromatic ring is 2. The number of fused-ring (bicyclic) bond motifs is 1. The van der Waals surface area contributed by atoms with Crippen molar-refractivity contribution in [2.75, 3.05) is 23.9 Å². The largest absolute Gasteiger partial charge is 0.491 e. The summed E-state index contributed by atoms with van der Waals surface area (Å²) in [6.45, 7) is 0. The minimum absolute atomic E-state index is 0.0475. The van der Waals surface area contributed by atoms with Gasteiger partial charge in [-0.25, -0.2) is 18.8 Å². The number of aromatic nitrogens is 1. The van der Waals surface area contributed by atoms with E-state index in [4.69, 9.17) is 21.5 Å². The van der Waals surface area contributed by atoms with Crippen LogP contribution in [0.15, 0.2) is 17.1 Å². The molecule has 1 aromatic carbocycles. The Morgan fingerprint density at radius 3 is 2.67 bits per heavy atom. The number of aliphatic imine (C=N–C) groups is 1. The number of hydrogen-bond acceptors (Lipinski definition) is 9. The second kappa shape index (κ2) is 6.65. The fourth-order valence-electron chi connectivity index (χ4n) is 2.75. The first-order valence-corrected chi connectivity index (χ1v) is 7.43. The molecular weight excluding hydrogens is 358 g/mol. The quantitative estimate of drug-likeness (QED) is 0.455. The van der Waals surface area contributed by atoms with Gasteiger partial charge in [-0.3, -0.25) is 5.32 Å². The summed E-state index contributed by atoms with van der Waals surface area (Å²) in [4.78, 5) is 8.25. The molecule has 1 atom stereocenters. The highest BCUT2D eigenvalue weighted by atomic mass is 19.1. The van der Waals surface area contributed by atoms with Gasteiger partial charge in [0.1, 0.15) is 29.3 Å². The number of hydrogen-bond donors (Lipinski definition) is 4. The molecular formula is C16H12F2N8O. The summed E-state index contributed by atoms with van der Waals surface area (Å²) in [7, 11) is 1.12. The molecule has 0 radical (unpaired) electrons. The first kappa shape index (κ1) is 17.7. The summed E-state index contributed by atoms with van der Waals surface area (Å²) < 4.78 is 33.4. The summed E-state index contributed by atoms with van der Waals surface area (Å²) in [5, 5.41) is 23.1. The van der Waals surface area contributed by atoms with Gasteiger partial charge in [-0.15, -0.1) is 0 Å². The second-order valence-electron chi connectivity index (χ2n) is 5.39. The molecule has 2 heterocycles. The Morgan fingerprint density at radius 1 is 1.30 bits per heavy atom. The van der Waals surface area contributed by atoms with Gasteiger partial charge < -0.3 is 21.5 Å². The van der Waals surface area contributed by atoms with E-state index in [1.807, 2.05) is 6.07 Å². The molecule has 3 rings (SSSR count). The van der Waals surface area contributed by atoms with Crippen LogP contribution in [0.25, 0.3) is 0 Å². The lowest BCUT2D eigenvalue weighted by Gasteiger charge is -2.26. The van der Waals surface area contributed by atoms with E-state index in [2.05, 4.69) is 20.6 Å². The zero-order valence-corrected chi connectivity index (χ0v) is 13.8. The molecule has 9 nitrogen and oxygen atoms in total. The summed E-state index contributed by atoms with van der Waals surface area (Å²) in [5.74, 6) is -2.59. The zero-order chi connectivity index (χ0) is 19.7. The number of methoxy groups -OCH3 is 1. The van der Waals surface area contributed by atoms with Crippen LogP contribution in [0.2, 0.25) is 0 Å². The highest BCUT2D eigenvalue weighted by molar-refractivity contribution is 5.98. The lowest BCUT2D eigenvalue weighted by Crippen LogP contribution is -2.33. The lowest BCUT2D eigenvalue weighted by molar-refractivity contribution is 0.357. The monoisotopic (exact) mass is 370 g/mol. The van der Waals surface area contributed by atoms with Gasteiger partial charge in [0.05, 0.1) is 12.8 Å². The second-order valence-corrected chi connectivity index (χ2v) is 5.39. The molecule has 6 N–H and O–H groups in total. The van der Waals surface area contributed by atoms with Crippen molar-refractivity contribution in [2.24, 2.45) is 4.99 Å². The van der Waals surface area contributed by atoms with Gasteiger partial charge in [-0.05, 0) is 6.07 Å². The number of guanidine groups is 1. The number of anilines is 3. The van der Waals surface area contributed by atoms with Crippen LogP contribution in [0.3, 0.4) is 0 Å². The standard InChI is InChI=1S/C16H12F2N8O/c1-27-13-8(17)3-2-6(10(13)18)12-9-11(21)7(4-19)14(22)25-15(9)26-16(24-12)23-5-20/h2-3,12H,1H3,(H6,21,22,23,24,25,26). The Kier molecular flexibility index (Phi) is 4.36. The molecule has 1 aliphatic heterocycles. The predicted octanol–water partition coefficient (Wildman–Crippen LogP) is 1.35. The zero-order valence-electron chi connectivity index (χ0n) is 13.8. The molecule has 1 aromatic heterocycles. The van der Waals surface area contributed by atoms with Gasteiger partial charge in [-0.2, -0.15) is 10.5 Å². The molecule has 1 unspecified atom stereocenters. The molecule has 0 aliphatic carbocycles. The normalized spacial score (nSPS) is 14.9. The summed E-state index contributed by atoms with van der Waals surface area (Å²) in [5.41, 5.74) is 11.7. The highest BCUT2D eigenvalue weighted by Gasteiger charge is 2.32. The molecule has 11 heteroatoms. The van der Waals surface area contributed by atoms with Crippen LogP contribution in [0.4, 0.5) is 26.1 Å². The van der Waals surface area contributed by atoms with E-state index < -0.39 is 23.4 Å². The Labute approximate surface area is 151 Å². The van der Waals surface area contributed by atoms with E-state index in [1.54, 1.807) is 6.19 Å². The maximum Gasteiger partial charge on any atom is 0.211 e. The Balaban J connectivity index is 2.31. The van der Waals surface area contributed by atoms with Crippen molar-refractivity contribution in [1.82, 2.24) is 10.3 Å². The number of nitrogens with two attached hydrogens (primary N) is 2. The average molecular weight is 370 g/mol. The highest BCUT2D eigenvalue weighted by Crippen LogP contribution is 2.42. The molecule has 136 valence electrons. The number of rotatable bonds is 2. The van der Waals surface area contributed by atoms with Gasteiger partial charge in [0.15, 0.2) is 23.6 Å². The van der Waals surface area contributed by atoms with Crippen LogP contribution in [0, 0.1) is 34.4 Å². The van der Waals surface area contributed by atoms with Gasteiger partial charge in [0.25, 0.3) is 0 Å².